The first kappa shape index (κ1) is 60.8. The van der Waals surface area contributed by atoms with Crippen LogP contribution < -0.4 is 5.32 Å². The Morgan fingerprint density at radius 3 is 1.39 bits per heavy atom. The highest BCUT2D eigenvalue weighted by atomic mass is 31.2. The second kappa shape index (κ2) is 39.7. The summed E-state index contributed by atoms with van der Waals surface area (Å²) in [4.78, 5) is 23.5. The molecule has 0 spiro atoms. The van der Waals surface area contributed by atoms with E-state index in [2.05, 4.69) is 43.5 Å². The predicted octanol–water partition coefficient (Wildman–Crippen LogP) is 9.54. The van der Waals surface area contributed by atoms with Gasteiger partial charge in [-0.25, -0.2) is 4.57 Å². The Morgan fingerprint density at radius 2 is 0.922 bits per heavy atom. The smallest absolute Gasteiger partial charge is 0.393 e. The standard InChI is InChI=1S/C50H96NO12P/c1-3-5-7-9-11-13-15-17-19-20-21-22-24-26-28-30-32-34-36-38-43(53)42(40-62-64(60,61)63-50-48(58)46(56)45(55)47(57)49(50)59)51-44(54)39-41(52)37-35-33-31-29-27-25-23-18-16-14-12-10-8-6-4-2/h12,14,18,23,41-43,45-50,52-53,55-59H,3-11,13,15-17,19-22,24-40H2,1-2H3,(H,51,54)(H,60,61)/b14-12-,23-18-. The molecular weight excluding hydrogens is 838 g/mol. The second-order valence-corrected chi connectivity index (χ2v) is 20.0. The van der Waals surface area contributed by atoms with Gasteiger partial charge in [0.05, 0.1) is 31.3 Å². The average molecular weight is 934 g/mol. The monoisotopic (exact) mass is 934 g/mol. The van der Waals surface area contributed by atoms with Crippen LogP contribution in [0.1, 0.15) is 226 Å². The summed E-state index contributed by atoms with van der Waals surface area (Å²) in [5.41, 5.74) is 0. The molecule has 0 aromatic rings. The highest BCUT2D eigenvalue weighted by molar-refractivity contribution is 7.47. The molecule has 0 aliphatic heterocycles. The molecule has 0 saturated heterocycles. The average Bonchev–Trinajstić information content (AvgIpc) is 3.27. The Hall–Kier alpha value is -1.22. The lowest BCUT2D eigenvalue weighted by atomic mass is 9.85. The van der Waals surface area contributed by atoms with E-state index in [-0.39, 0.29) is 12.8 Å². The lowest BCUT2D eigenvalue weighted by Crippen LogP contribution is -2.64. The zero-order valence-electron chi connectivity index (χ0n) is 40.2. The van der Waals surface area contributed by atoms with Gasteiger partial charge >= 0.3 is 7.82 Å². The molecule has 0 radical (unpaired) electrons. The van der Waals surface area contributed by atoms with Gasteiger partial charge in [-0.2, -0.15) is 0 Å². The molecule has 64 heavy (non-hydrogen) atoms. The molecule has 13 nitrogen and oxygen atoms in total. The third-order valence-electron chi connectivity index (χ3n) is 12.6. The van der Waals surface area contributed by atoms with E-state index in [4.69, 9.17) is 9.05 Å². The van der Waals surface area contributed by atoms with Gasteiger partial charge < -0.3 is 46.0 Å². The molecule has 1 amide bonds. The number of carbonyl (C=O) groups is 1. The first-order valence-electron chi connectivity index (χ1n) is 25.9. The van der Waals surface area contributed by atoms with Gasteiger partial charge in [-0.3, -0.25) is 13.8 Å². The number of aliphatic hydroxyl groups is 7. The van der Waals surface area contributed by atoms with Crippen LogP contribution in [0, 0.1) is 0 Å². The number of aliphatic hydroxyl groups excluding tert-OH is 7. The van der Waals surface area contributed by atoms with E-state index in [0.29, 0.717) is 12.8 Å². The Morgan fingerprint density at radius 1 is 0.547 bits per heavy atom. The lowest BCUT2D eigenvalue weighted by molar-refractivity contribution is -0.220. The number of hydrogen-bond donors (Lipinski definition) is 9. The number of hydrogen-bond acceptors (Lipinski definition) is 11. The summed E-state index contributed by atoms with van der Waals surface area (Å²) in [6, 6.07) is -1.16. The van der Waals surface area contributed by atoms with Crippen molar-refractivity contribution in [1.82, 2.24) is 5.32 Å². The molecule has 0 bridgehead atoms. The summed E-state index contributed by atoms with van der Waals surface area (Å²) >= 11 is 0. The fraction of sp³-hybridized carbons (Fsp3) is 0.900. The minimum Gasteiger partial charge on any atom is -0.393 e. The van der Waals surface area contributed by atoms with Crippen LogP contribution in [0.3, 0.4) is 0 Å². The number of unbranched alkanes of at least 4 members (excludes halogenated alkanes) is 26. The van der Waals surface area contributed by atoms with Crippen LogP contribution in [0.25, 0.3) is 0 Å². The molecular formula is C50H96NO12P. The van der Waals surface area contributed by atoms with Gasteiger partial charge in [-0.15, -0.1) is 0 Å². The fourth-order valence-electron chi connectivity index (χ4n) is 8.34. The van der Waals surface area contributed by atoms with E-state index < -0.39 is 75.2 Å². The summed E-state index contributed by atoms with van der Waals surface area (Å²) in [5, 5.41) is 74.8. The zero-order chi connectivity index (χ0) is 47.3. The molecule has 378 valence electrons. The molecule has 1 aliphatic carbocycles. The van der Waals surface area contributed by atoms with Gasteiger partial charge in [0.2, 0.25) is 5.91 Å². The van der Waals surface area contributed by atoms with E-state index in [1.165, 1.54) is 109 Å². The molecule has 1 saturated carbocycles. The van der Waals surface area contributed by atoms with Crippen LogP contribution in [0.15, 0.2) is 24.3 Å². The van der Waals surface area contributed by atoms with E-state index >= 15 is 0 Å². The predicted molar refractivity (Wildman–Crippen MR) is 257 cm³/mol. The van der Waals surface area contributed by atoms with Crippen molar-refractivity contribution in [3.8, 4) is 0 Å². The normalized spacial score (nSPS) is 22.8. The largest absolute Gasteiger partial charge is 0.472 e. The minimum absolute atomic E-state index is 0.230. The summed E-state index contributed by atoms with van der Waals surface area (Å²) in [6.07, 6.45) is 30.7. The number of carbonyl (C=O) groups excluding carboxylic acids is 1. The number of amides is 1. The van der Waals surface area contributed by atoms with Crippen molar-refractivity contribution >= 4 is 13.7 Å². The summed E-state index contributed by atoms with van der Waals surface area (Å²) in [5.74, 6) is -0.567. The summed E-state index contributed by atoms with van der Waals surface area (Å²) in [6.45, 7) is 3.78. The molecule has 1 aliphatic rings. The van der Waals surface area contributed by atoms with Crippen molar-refractivity contribution < 1.29 is 59.0 Å². The third-order valence-corrected chi connectivity index (χ3v) is 13.6. The van der Waals surface area contributed by atoms with Crippen molar-refractivity contribution in [2.24, 2.45) is 0 Å². The van der Waals surface area contributed by atoms with Crippen molar-refractivity contribution in [1.29, 1.82) is 0 Å². The second-order valence-electron chi connectivity index (χ2n) is 18.6. The molecule has 8 unspecified atom stereocenters. The number of nitrogens with one attached hydrogen (secondary N) is 1. The maximum atomic E-state index is 13.1. The van der Waals surface area contributed by atoms with Crippen molar-refractivity contribution in [2.75, 3.05) is 6.61 Å². The highest BCUT2D eigenvalue weighted by Crippen LogP contribution is 2.47. The fourth-order valence-corrected chi connectivity index (χ4v) is 9.30. The Balaban J connectivity index is 2.47. The molecule has 0 aromatic heterocycles. The van der Waals surface area contributed by atoms with Gasteiger partial charge in [0.25, 0.3) is 0 Å². The Labute approximate surface area is 388 Å². The summed E-state index contributed by atoms with van der Waals surface area (Å²) in [7, 11) is -5.12. The maximum Gasteiger partial charge on any atom is 0.472 e. The van der Waals surface area contributed by atoms with Gasteiger partial charge in [0.15, 0.2) is 0 Å². The minimum atomic E-state index is -5.12. The molecule has 1 fully saturated rings. The maximum absolute atomic E-state index is 13.1. The molecule has 0 heterocycles. The quantitative estimate of drug-likeness (QED) is 0.0158. The van der Waals surface area contributed by atoms with E-state index in [1.807, 2.05) is 0 Å². The number of allylic oxidation sites excluding steroid dienone is 4. The molecule has 9 N–H and O–H groups in total. The van der Waals surface area contributed by atoms with E-state index in [1.54, 1.807) is 0 Å². The van der Waals surface area contributed by atoms with Gasteiger partial charge in [-0.05, 0) is 44.9 Å². The highest BCUT2D eigenvalue weighted by Gasteiger charge is 2.51. The SMILES string of the molecule is CCCCC/C=C\C/C=C\CCCCCCCC(O)CC(=O)NC(COP(=O)(O)OC1C(O)C(O)C(O)C(O)C1O)C(O)CCCCCCCCCCCCCCCCCCCCC. The van der Waals surface area contributed by atoms with E-state index in [0.717, 1.165) is 77.0 Å². The van der Waals surface area contributed by atoms with Gasteiger partial charge in [0.1, 0.15) is 36.6 Å². The van der Waals surface area contributed by atoms with Crippen LogP contribution in [-0.4, -0.2) is 108 Å². The van der Waals surface area contributed by atoms with Crippen molar-refractivity contribution in [3.05, 3.63) is 24.3 Å². The Bertz CT molecular complexity index is 1190. The zero-order valence-corrected chi connectivity index (χ0v) is 41.1. The molecule has 8 atom stereocenters. The number of rotatable bonds is 43. The first-order valence-corrected chi connectivity index (χ1v) is 27.4. The lowest BCUT2D eigenvalue weighted by Gasteiger charge is -2.41. The Kier molecular flexibility index (Phi) is 37.8. The van der Waals surface area contributed by atoms with E-state index in [9.17, 15) is 50.0 Å². The number of phosphoric acid groups is 1. The van der Waals surface area contributed by atoms with Gasteiger partial charge in [-0.1, -0.05) is 199 Å². The summed E-state index contributed by atoms with van der Waals surface area (Å²) < 4.78 is 23.0. The van der Waals surface area contributed by atoms with Crippen molar-refractivity contribution in [2.45, 2.75) is 281 Å². The van der Waals surface area contributed by atoms with Crippen LogP contribution in [0.4, 0.5) is 0 Å². The van der Waals surface area contributed by atoms with Gasteiger partial charge in [0, 0.05) is 0 Å². The molecule has 0 aromatic carbocycles. The topological polar surface area (TPSA) is 226 Å². The number of phosphoric ester groups is 1. The van der Waals surface area contributed by atoms with Crippen LogP contribution in [0.2, 0.25) is 0 Å². The van der Waals surface area contributed by atoms with Crippen LogP contribution in [-0.2, 0) is 18.4 Å². The van der Waals surface area contributed by atoms with Crippen LogP contribution in [0.5, 0.6) is 0 Å². The third kappa shape index (κ3) is 30.9. The van der Waals surface area contributed by atoms with Crippen molar-refractivity contribution in [3.63, 3.8) is 0 Å². The van der Waals surface area contributed by atoms with Crippen LogP contribution >= 0.6 is 7.82 Å². The molecule has 1 rings (SSSR count). The molecule has 14 heteroatoms. The first-order chi connectivity index (χ1) is 30.8.